The molecule has 0 radical (unpaired) electrons. The van der Waals surface area contributed by atoms with Crippen LogP contribution in [0, 0.1) is 0 Å². The van der Waals surface area contributed by atoms with Crippen LogP contribution < -0.4 is 0 Å². The molecule has 0 unspecified atom stereocenters. The molecule has 0 rings (SSSR count). The van der Waals surface area contributed by atoms with Gasteiger partial charge in [-0.1, -0.05) is 31.0 Å². The van der Waals surface area contributed by atoms with Gasteiger partial charge in [0.05, 0.1) is 0 Å². The zero-order chi connectivity index (χ0) is 9.40. The van der Waals surface area contributed by atoms with E-state index in [1.807, 2.05) is 0 Å². The van der Waals surface area contributed by atoms with Crippen molar-refractivity contribution in [1.29, 1.82) is 0 Å². The van der Waals surface area contributed by atoms with Gasteiger partial charge in [0.1, 0.15) is 0 Å². The summed E-state index contributed by atoms with van der Waals surface area (Å²) in [5, 5.41) is 0. The van der Waals surface area contributed by atoms with Gasteiger partial charge >= 0.3 is 0 Å². The van der Waals surface area contributed by atoms with Crippen molar-refractivity contribution in [2.24, 2.45) is 0 Å². The molecule has 0 heterocycles. The number of hydrogen-bond acceptors (Lipinski definition) is 2. The first-order valence-electron chi connectivity index (χ1n) is 4.68. The summed E-state index contributed by atoms with van der Waals surface area (Å²) < 4.78 is 0.636. The molecule has 74 valence electrons. The fourth-order valence-electron chi connectivity index (χ4n) is 0.992. The van der Waals surface area contributed by atoms with Crippen molar-refractivity contribution in [3.63, 3.8) is 0 Å². The van der Waals surface area contributed by atoms with Crippen LogP contribution in [-0.2, 0) is 32.1 Å². The molecule has 0 aromatic carbocycles. The van der Waals surface area contributed by atoms with Crippen molar-refractivity contribution >= 4 is 29.2 Å². The molecular formula is C9H18NS2Zn-. The molecule has 13 heavy (non-hydrogen) atoms. The first kappa shape index (κ1) is 16.2. The Morgan fingerprint density at radius 1 is 1.15 bits per heavy atom. The van der Waals surface area contributed by atoms with Crippen LogP contribution in [0.25, 0.3) is 0 Å². The molecule has 0 fully saturated rings. The fourth-order valence-corrected chi connectivity index (χ4v) is 1.36. The van der Waals surface area contributed by atoms with Crippen molar-refractivity contribution in [3.05, 3.63) is 0 Å². The van der Waals surface area contributed by atoms with Crippen LogP contribution in [0.3, 0.4) is 0 Å². The van der Waals surface area contributed by atoms with Gasteiger partial charge < -0.3 is 29.7 Å². The van der Waals surface area contributed by atoms with E-state index in [9.17, 15) is 0 Å². The second kappa shape index (κ2) is 10.8. The van der Waals surface area contributed by atoms with E-state index < -0.39 is 0 Å². The first-order chi connectivity index (χ1) is 5.72. The zero-order valence-electron chi connectivity index (χ0n) is 8.71. The third-order valence-electron chi connectivity index (χ3n) is 1.82. The maximum Gasteiger partial charge on any atom is 0.0162 e. The van der Waals surface area contributed by atoms with Crippen molar-refractivity contribution in [2.75, 3.05) is 13.1 Å². The van der Waals surface area contributed by atoms with Gasteiger partial charge in [-0.25, -0.2) is 0 Å². The molecule has 0 saturated carbocycles. The number of rotatable bonds is 6. The third kappa shape index (κ3) is 9.05. The molecule has 0 N–H and O–H groups in total. The molecule has 0 atom stereocenters. The molecule has 0 aromatic heterocycles. The van der Waals surface area contributed by atoms with Crippen LogP contribution in [0.15, 0.2) is 0 Å². The van der Waals surface area contributed by atoms with Gasteiger partial charge in [-0.2, -0.15) is 0 Å². The van der Waals surface area contributed by atoms with Crippen molar-refractivity contribution < 1.29 is 19.5 Å². The van der Waals surface area contributed by atoms with Crippen LogP contribution in [0.2, 0.25) is 0 Å². The summed E-state index contributed by atoms with van der Waals surface area (Å²) in [4.78, 5) is 2.14. The van der Waals surface area contributed by atoms with E-state index in [1.165, 1.54) is 25.7 Å². The van der Waals surface area contributed by atoms with Crippen molar-refractivity contribution in [1.82, 2.24) is 4.90 Å². The Morgan fingerprint density at radius 3 is 1.77 bits per heavy atom. The van der Waals surface area contributed by atoms with Gasteiger partial charge in [-0.3, -0.25) is 0 Å². The minimum Gasteiger partial charge on any atom is -0.411 e. The van der Waals surface area contributed by atoms with Crippen LogP contribution in [0.5, 0.6) is 0 Å². The topological polar surface area (TPSA) is 3.24 Å². The number of hydrogen-bond donors (Lipinski definition) is 0. The van der Waals surface area contributed by atoms with Crippen LogP contribution >= 0.6 is 12.2 Å². The van der Waals surface area contributed by atoms with Gasteiger partial charge in [-0.05, 0) is 12.8 Å². The van der Waals surface area contributed by atoms with Crippen LogP contribution in [0.1, 0.15) is 39.5 Å². The van der Waals surface area contributed by atoms with Gasteiger partial charge in [0.15, 0.2) is 0 Å². The maximum absolute atomic E-state index is 4.98. The van der Waals surface area contributed by atoms with E-state index in [2.05, 4.69) is 18.7 Å². The standard InChI is InChI=1S/C9H19NS2.Zn/c1-3-5-7-10(9(11)12)8-6-4-2;/h3-8H2,1-2H3,(H,11,12);/p-1. The van der Waals surface area contributed by atoms with E-state index in [0.29, 0.717) is 4.32 Å². The average molecular weight is 270 g/mol. The minimum atomic E-state index is 0. The summed E-state index contributed by atoms with van der Waals surface area (Å²) in [5.41, 5.74) is 0. The molecule has 0 aromatic rings. The monoisotopic (exact) mass is 268 g/mol. The van der Waals surface area contributed by atoms with Gasteiger partial charge in [-0.15, -0.1) is 0 Å². The summed E-state index contributed by atoms with van der Waals surface area (Å²) in [6.45, 7) is 6.45. The number of unbranched alkanes of at least 4 members (excludes halogenated alkanes) is 2. The molecule has 0 spiro atoms. The molecular weight excluding hydrogens is 252 g/mol. The molecule has 1 nitrogen and oxygen atoms in total. The van der Waals surface area contributed by atoms with Gasteiger partial charge in [0, 0.05) is 32.6 Å². The molecule has 0 aliphatic rings. The van der Waals surface area contributed by atoms with E-state index in [0.717, 1.165) is 13.1 Å². The smallest absolute Gasteiger partial charge is 0.0162 e. The molecule has 0 amide bonds. The summed E-state index contributed by atoms with van der Waals surface area (Å²) in [7, 11) is 0. The molecule has 0 saturated heterocycles. The van der Waals surface area contributed by atoms with E-state index >= 15 is 0 Å². The number of nitrogens with zero attached hydrogens (tertiary/aromatic N) is 1. The Morgan fingerprint density at radius 2 is 1.54 bits per heavy atom. The predicted molar refractivity (Wildman–Crippen MR) is 61.4 cm³/mol. The average Bonchev–Trinajstić information content (AvgIpc) is 2.04. The fraction of sp³-hybridized carbons (Fsp3) is 0.889. The normalized spacial score (nSPS) is 9.08. The summed E-state index contributed by atoms with van der Waals surface area (Å²) >= 11 is 9.97. The molecule has 0 bridgehead atoms. The Balaban J connectivity index is 0. The second-order valence-electron chi connectivity index (χ2n) is 2.96. The summed E-state index contributed by atoms with van der Waals surface area (Å²) in [6.07, 6.45) is 4.81. The van der Waals surface area contributed by atoms with E-state index in [1.54, 1.807) is 0 Å². The van der Waals surface area contributed by atoms with Crippen LogP contribution in [-0.4, -0.2) is 22.3 Å². The Hall–Kier alpha value is 0.733. The summed E-state index contributed by atoms with van der Waals surface area (Å²) in [6, 6.07) is 0. The Kier molecular flexibility index (Phi) is 13.5. The molecule has 0 aliphatic heterocycles. The second-order valence-corrected chi connectivity index (χ2v) is 3.99. The Bertz CT molecular complexity index is 123. The van der Waals surface area contributed by atoms with Gasteiger partial charge in [0.25, 0.3) is 0 Å². The summed E-state index contributed by atoms with van der Waals surface area (Å²) in [5.74, 6) is 0. The number of thiocarbonyl (C=S) groups is 1. The predicted octanol–water partition coefficient (Wildman–Crippen LogP) is 2.72. The minimum absolute atomic E-state index is 0. The van der Waals surface area contributed by atoms with Crippen molar-refractivity contribution in [3.8, 4) is 0 Å². The zero-order valence-corrected chi connectivity index (χ0v) is 13.3. The van der Waals surface area contributed by atoms with Gasteiger partial charge in [0.2, 0.25) is 0 Å². The maximum atomic E-state index is 4.98. The van der Waals surface area contributed by atoms with Crippen LogP contribution in [0.4, 0.5) is 0 Å². The van der Waals surface area contributed by atoms with E-state index in [-0.39, 0.29) is 19.5 Å². The first-order valence-corrected chi connectivity index (χ1v) is 5.50. The SMILES string of the molecule is CCCCN(CCCC)C(=S)[S-].[Zn]. The Labute approximate surface area is 106 Å². The largest absolute Gasteiger partial charge is 0.411 e. The quantitative estimate of drug-likeness (QED) is 0.415. The third-order valence-corrected chi connectivity index (χ3v) is 2.34. The van der Waals surface area contributed by atoms with E-state index in [4.69, 9.17) is 24.8 Å². The molecule has 0 aliphatic carbocycles. The van der Waals surface area contributed by atoms with Crippen molar-refractivity contribution in [2.45, 2.75) is 39.5 Å². The molecule has 4 heteroatoms.